The lowest BCUT2D eigenvalue weighted by Crippen LogP contribution is -1.93. The molecular formula is C14H12ClFN+. The zero-order chi connectivity index (χ0) is 12.4. The molecule has 0 fully saturated rings. The largest absolute Gasteiger partial charge is 0.208 e. The van der Waals surface area contributed by atoms with Crippen LogP contribution in [0, 0.1) is 5.82 Å². The molecule has 0 heterocycles. The zero-order valence-corrected chi connectivity index (χ0v) is 10.2. The van der Waals surface area contributed by atoms with Crippen molar-refractivity contribution in [1.29, 1.82) is 0 Å². The van der Waals surface area contributed by atoms with Gasteiger partial charge in [0.15, 0.2) is 0 Å². The maximum absolute atomic E-state index is 13.2. The van der Waals surface area contributed by atoms with E-state index in [1.807, 2.05) is 25.2 Å². The van der Waals surface area contributed by atoms with Gasteiger partial charge in [0.05, 0.1) is 0 Å². The van der Waals surface area contributed by atoms with E-state index in [0.29, 0.717) is 5.02 Å². The standard InChI is InChI=1S/C14H12ClFN/c1-17(2)12-6-7-14(15)13(9-12)10-4-3-5-11(16)8-10/h3-9H,1H2,2H3/q+1. The number of hydrogen-bond acceptors (Lipinski definition) is 0. The molecule has 0 amide bonds. The summed E-state index contributed by atoms with van der Waals surface area (Å²) in [5, 5.41) is 0.598. The van der Waals surface area contributed by atoms with E-state index in [2.05, 4.69) is 6.72 Å². The molecule has 0 atom stereocenters. The first kappa shape index (κ1) is 11.8. The summed E-state index contributed by atoms with van der Waals surface area (Å²) in [5.41, 5.74) is 2.49. The summed E-state index contributed by atoms with van der Waals surface area (Å²) < 4.78 is 14.9. The van der Waals surface area contributed by atoms with Crippen molar-refractivity contribution in [3.05, 3.63) is 53.3 Å². The Bertz CT molecular complexity index is 578. The van der Waals surface area contributed by atoms with Crippen molar-refractivity contribution in [3.63, 3.8) is 0 Å². The molecule has 0 saturated carbocycles. The third kappa shape index (κ3) is 2.53. The molecule has 0 spiro atoms. The van der Waals surface area contributed by atoms with Crippen molar-refractivity contribution >= 4 is 24.0 Å². The molecule has 2 aromatic rings. The van der Waals surface area contributed by atoms with E-state index in [0.717, 1.165) is 16.8 Å². The van der Waals surface area contributed by atoms with Crippen LogP contribution >= 0.6 is 11.6 Å². The summed E-state index contributed by atoms with van der Waals surface area (Å²) in [4.78, 5) is 0. The van der Waals surface area contributed by atoms with E-state index in [4.69, 9.17) is 11.6 Å². The molecule has 86 valence electrons. The Morgan fingerprint density at radius 3 is 2.59 bits per heavy atom. The molecule has 0 aliphatic rings. The molecule has 1 nitrogen and oxygen atoms in total. The average Bonchev–Trinajstić information content (AvgIpc) is 2.29. The normalized spacial score (nSPS) is 10.3. The summed E-state index contributed by atoms with van der Waals surface area (Å²) in [6, 6.07) is 11.9. The van der Waals surface area contributed by atoms with Gasteiger partial charge in [0.1, 0.15) is 19.6 Å². The first-order valence-electron chi connectivity index (χ1n) is 5.17. The summed E-state index contributed by atoms with van der Waals surface area (Å²) >= 11 is 6.13. The predicted octanol–water partition coefficient (Wildman–Crippen LogP) is 4.12. The molecule has 0 aliphatic carbocycles. The monoisotopic (exact) mass is 248 g/mol. The molecular weight excluding hydrogens is 237 g/mol. The van der Waals surface area contributed by atoms with Crippen LogP contribution in [0.2, 0.25) is 5.02 Å². The van der Waals surface area contributed by atoms with Gasteiger partial charge in [0.25, 0.3) is 0 Å². The van der Waals surface area contributed by atoms with Gasteiger partial charge in [-0.2, -0.15) is 0 Å². The van der Waals surface area contributed by atoms with E-state index in [9.17, 15) is 4.39 Å². The third-order valence-electron chi connectivity index (χ3n) is 2.53. The molecule has 2 rings (SSSR count). The van der Waals surface area contributed by atoms with Crippen molar-refractivity contribution in [2.45, 2.75) is 0 Å². The van der Waals surface area contributed by atoms with Crippen molar-refractivity contribution < 1.29 is 8.97 Å². The van der Waals surface area contributed by atoms with Crippen molar-refractivity contribution in [2.75, 3.05) is 7.05 Å². The van der Waals surface area contributed by atoms with Crippen LogP contribution in [0.3, 0.4) is 0 Å². The van der Waals surface area contributed by atoms with Gasteiger partial charge in [-0.25, -0.2) is 8.97 Å². The number of hydrogen-bond donors (Lipinski definition) is 0. The highest BCUT2D eigenvalue weighted by atomic mass is 35.5. The number of halogens is 2. The van der Waals surface area contributed by atoms with Crippen molar-refractivity contribution in [3.8, 4) is 11.1 Å². The quantitative estimate of drug-likeness (QED) is 0.556. The lowest BCUT2D eigenvalue weighted by molar-refractivity contribution is -0.394. The van der Waals surface area contributed by atoms with Gasteiger partial charge in [-0.05, 0) is 23.8 Å². The summed E-state index contributed by atoms with van der Waals surface area (Å²) in [5.74, 6) is -0.271. The van der Waals surface area contributed by atoms with E-state index >= 15 is 0 Å². The van der Waals surface area contributed by atoms with Crippen LogP contribution in [0.1, 0.15) is 0 Å². The van der Waals surface area contributed by atoms with Crippen LogP contribution in [-0.4, -0.2) is 18.3 Å². The third-order valence-corrected chi connectivity index (χ3v) is 2.86. The SMILES string of the molecule is C=[N+](C)c1ccc(Cl)c(-c2cccc(F)c2)c1. The Kier molecular flexibility index (Phi) is 3.25. The van der Waals surface area contributed by atoms with Crippen LogP contribution in [0.25, 0.3) is 11.1 Å². The second-order valence-electron chi connectivity index (χ2n) is 3.87. The lowest BCUT2D eigenvalue weighted by Gasteiger charge is -2.05. The summed E-state index contributed by atoms with van der Waals surface area (Å²) in [6.07, 6.45) is 0. The van der Waals surface area contributed by atoms with Crippen LogP contribution in [0.5, 0.6) is 0 Å². The van der Waals surface area contributed by atoms with E-state index in [-0.39, 0.29) is 5.82 Å². The van der Waals surface area contributed by atoms with Crippen molar-refractivity contribution in [1.82, 2.24) is 0 Å². The zero-order valence-electron chi connectivity index (χ0n) is 9.45. The van der Waals surface area contributed by atoms with E-state index in [1.165, 1.54) is 12.1 Å². The highest BCUT2D eigenvalue weighted by molar-refractivity contribution is 6.33. The predicted molar refractivity (Wildman–Crippen MR) is 69.8 cm³/mol. The van der Waals surface area contributed by atoms with Gasteiger partial charge in [-0.3, -0.25) is 0 Å². The molecule has 0 unspecified atom stereocenters. The Morgan fingerprint density at radius 1 is 1.18 bits per heavy atom. The topological polar surface area (TPSA) is 3.01 Å². The van der Waals surface area contributed by atoms with Gasteiger partial charge in [-0.15, -0.1) is 0 Å². The van der Waals surface area contributed by atoms with Crippen molar-refractivity contribution in [2.24, 2.45) is 0 Å². The Morgan fingerprint density at radius 2 is 1.94 bits per heavy atom. The second kappa shape index (κ2) is 4.68. The number of nitrogens with zero attached hydrogens (tertiary/aromatic N) is 1. The number of rotatable bonds is 2. The van der Waals surface area contributed by atoms with Crippen LogP contribution in [-0.2, 0) is 0 Å². The van der Waals surface area contributed by atoms with Gasteiger partial charge in [-0.1, -0.05) is 23.7 Å². The molecule has 0 bridgehead atoms. The fourth-order valence-corrected chi connectivity index (χ4v) is 1.85. The summed E-state index contributed by atoms with van der Waals surface area (Å²) in [6.45, 7) is 3.81. The molecule has 2 aromatic carbocycles. The Balaban J connectivity index is 2.58. The highest BCUT2D eigenvalue weighted by Crippen LogP contribution is 2.31. The maximum atomic E-state index is 13.2. The lowest BCUT2D eigenvalue weighted by atomic mass is 10.0. The Labute approximate surface area is 105 Å². The minimum absolute atomic E-state index is 0.271. The second-order valence-corrected chi connectivity index (χ2v) is 4.28. The minimum atomic E-state index is -0.271. The average molecular weight is 249 g/mol. The minimum Gasteiger partial charge on any atom is -0.208 e. The highest BCUT2D eigenvalue weighted by Gasteiger charge is 2.09. The van der Waals surface area contributed by atoms with Gasteiger partial charge in [0, 0.05) is 22.7 Å². The van der Waals surface area contributed by atoms with Crippen LogP contribution < -0.4 is 0 Å². The van der Waals surface area contributed by atoms with Crippen LogP contribution in [0.15, 0.2) is 42.5 Å². The smallest absolute Gasteiger partial charge is 0.205 e. The molecule has 0 N–H and O–H groups in total. The fraction of sp³-hybridized carbons (Fsp3) is 0.0714. The van der Waals surface area contributed by atoms with Crippen LogP contribution in [0.4, 0.5) is 10.1 Å². The van der Waals surface area contributed by atoms with Gasteiger partial charge in [0.2, 0.25) is 5.69 Å². The summed E-state index contributed by atoms with van der Waals surface area (Å²) in [7, 11) is 1.85. The maximum Gasteiger partial charge on any atom is 0.205 e. The van der Waals surface area contributed by atoms with E-state index in [1.54, 1.807) is 16.7 Å². The molecule has 0 aromatic heterocycles. The Hall–Kier alpha value is -1.67. The molecule has 0 radical (unpaired) electrons. The molecule has 0 aliphatic heterocycles. The first-order valence-corrected chi connectivity index (χ1v) is 5.55. The molecule has 0 saturated heterocycles. The molecule has 17 heavy (non-hydrogen) atoms. The molecule has 3 heteroatoms. The number of benzene rings is 2. The van der Waals surface area contributed by atoms with Gasteiger partial charge < -0.3 is 0 Å². The first-order chi connectivity index (χ1) is 8.08. The van der Waals surface area contributed by atoms with Gasteiger partial charge >= 0.3 is 0 Å². The fourth-order valence-electron chi connectivity index (χ4n) is 1.63. The van der Waals surface area contributed by atoms with E-state index < -0.39 is 0 Å².